The smallest absolute Gasteiger partial charge is 0.280 e. The molecular formula is C31H28F2N6O2. The number of benzene rings is 2. The Morgan fingerprint density at radius 3 is 2.54 bits per heavy atom. The number of carbonyl (C=O) groups excluding carboxylic acids is 1. The van der Waals surface area contributed by atoms with E-state index in [4.69, 9.17) is 5.73 Å². The van der Waals surface area contributed by atoms with Crippen LogP contribution in [0.2, 0.25) is 0 Å². The molecule has 0 saturated carbocycles. The number of aromatic nitrogens is 5. The zero-order valence-electron chi connectivity index (χ0n) is 23.1. The number of hydrogen-bond donors (Lipinski definition) is 1. The normalized spacial score (nSPS) is 12.1. The molecule has 3 aromatic heterocycles. The van der Waals surface area contributed by atoms with Gasteiger partial charge in [-0.05, 0) is 69.7 Å². The Morgan fingerprint density at radius 2 is 1.83 bits per heavy atom. The van der Waals surface area contributed by atoms with Crippen molar-refractivity contribution in [1.82, 2.24) is 24.3 Å². The average molecular weight is 555 g/mol. The molecular weight excluding hydrogens is 526 g/mol. The molecule has 0 fully saturated rings. The van der Waals surface area contributed by atoms with Gasteiger partial charge >= 0.3 is 0 Å². The van der Waals surface area contributed by atoms with Crippen LogP contribution in [0.5, 0.6) is 0 Å². The van der Waals surface area contributed by atoms with Crippen LogP contribution >= 0.6 is 0 Å². The second-order valence-corrected chi connectivity index (χ2v) is 10.2. The lowest BCUT2D eigenvalue weighted by atomic mass is 10.1. The lowest BCUT2D eigenvalue weighted by Gasteiger charge is -2.16. The van der Waals surface area contributed by atoms with Crippen molar-refractivity contribution in [2.45, 2.75) is 52.6 Å². The highest BCUT2D eigenvalue weighted by atomic mass is 19.2. The van der Waals surface area contributed by atoms with Crippen LogP contribution < -0.4 is 11.3 Å². The van der Waals surface area contributed by atoms with Crippen LogP contribution in [0.4, 0.5) is 8.78 Å². The van der Waals surface area contributed by atoms with Gasteiger partial charge in [-0.1, -0.05) is 17.9 Å². The zero-order chi connectivity index (χ0) is 29.4. The number of fused-ring (bicyclic) bond motifs is 3. The first-order chi connectivity index (χ1) is 19.5. The first-order valence-corrected chi connectivity index (χ1v) is 13.2. The number of nitrogens with two attached hydrogens (primary N) is 1. The zero-order valence-corrected chi connectivity index (χ0v) is 23.1. The third-order valence-corrected chi connectivity index (χ3v) is 6.99. The van der Waals surface area contributed by atoms with E-state index in [9.17, 15) is 18.4 Å². The van der Waals surface area contributed by atoms with Crippen molar-refractivity contribution in [3.05, 3.63) is 98.9 Å². The summed E-state index contributed by atoms with van der Waals surface area (Å²) < 4.78 is 30.5. The van der Waals surface area contributed by atoms with Crippen molar-refractivity contribution in [3.8, 4) is 11.8 Å². The molecule has 0 aliphatic rings. The van der Waals surface area contributed by atoms with Gasteiger partial charge in [0.2, 0.25) is 0 Å². The molecule has 0 radical (unpaired) electrons. The lowest BCUT2D eigenvalue weighted by molar-refractivity contribution is 0.0997. The number of aryl methyl sites for hydroxylation is 2. The maximum atomic E-state index is 13.8. The van der Waals surface area contributed by atoms with E-state index in [0.29, 0.717) is 24.1 Å². The predicted molar refractivity (Wildman–Crippen MR) is 153 cm³/mol. The lowest BCUT2D eigenvalue weighted by Crippen LogP contribution is -2.34. The molecule has 8 nitrogen and oxygen atoms in total. The Balaban J connectivity index is 1.43. The third-order valence-electron chi connectivity index (χ3n) is 6.99. The van der Waals surface area contributed by atoms with E-state index in [1.54, 1.807) is 13.1 Å². The molecule has 2 aromatic carbocycles. The fourth-order valence-corrected chi connectivity index (χ4v) is 5.00. The maximum absolute atomic E-state index is 13.8. The summed E-state index contributed by atoms with van der Waals surface area (Å²) in [5.41, 5.74) is 8.76. The fourth-order valence-electron chi connectivity index (χ4n) is 5.00. The van der Waals surface area contributed by atoms with Gasteiger partial charge in [-0.15, -0.1) is 0 Å². The van der Waals surface area contributed by atoms with E-state index in [-0.39, 0.29) is 11.6 Å². The van der Waals surface area contributed by atoms with Crippen molar-refractivity contribution in [1.29, 1.82) is 0 Å². The molecule has 41 heavy (non-hydrogen) atoms. The van der Waals surface area contributed by atoms with Crippen LogP contribution in [0.25, 0.3) is 21.9 Å². The molecule has 0 unspecified atom stereocenters. The second-order valence-electron chi connectivity index (χ2n) is 10.2. The minimum Gasteiger partial charge on any atom is -0.365 e. The molecule has 5 rings (SSSR count). The van der Waals surface area contributed by atoms with Crippen molar-refractivity contribution >= 4 is 27.8 Å². The predicted octanol–water partition coefficient (Wildman–Crippen LogP) is 5.00. The highest BCUT2D eigenvalue weighted by molar-refractivity contribution is 6.02. The van der Waals surface area contributed by atoms with Crippen molar-refractivity contribution < 1.29 is 13.6 Å². The highest BCUT2D eigenvalue weighted by Crippen LogP contribution is 2.28. The van der Waals surface area contributed by atoms with Gasteiger partial charge in [-0.2, -0.15) is 5.10 Å². The summed E-state index contributed by atoms with van der Waals surface area (Å²) in [7, 11) is 0. The minimum atomic E-state index is -1.04. The van der Waals surface area contributed by atoms with Crippen LogP contribution in [0.15, 0.2) is 53.5 Å². The topological polar surface area (TPSA) is 109 Å². The molecule has 2 N–H and O–H groups in total. The van der Waals surface area contributed by atoms with Gasteiger partial charge in [-0.25, -0.2) is 18.4 Å². The number of rotatable bonds is 6. The highest BCUT2D eigenvalue weighted by Gasteiger charge is 2.19. The monoisotopic (exact) mass is 554 g/mol. The second kappa shape index (κ2) is 10.9. The van der Waals surface area contributed by atoms with Gasteiger partial charge in [0, 0.05) is 29.8 Å². The summed E-state index contributed by atoms with van der Waals surface area (Å²) in [6, 6.07) is 10.00. The number of halogens is 2. The Bertz CT molecular complexity index is 1950. The van der Waals surface area contributed by atoms with Gasteiger partial charge in [0.15, 0.2) is 11.6 Å². The van der Waals surface area contributed by atoms with Gasteiger partial charge in [0.25, 0.3) is 11.5 Å². The quantitative estimate of drug-likeness (QED) is 0.297. The Morgan fingerprint density at radius 1 is 1.05 bits per heavy atom. The summed E-state index contributed by atoms with van der Waals surface area (Å²) in [4.78, 5) is 34.1. The van der Waals surface area contributed by atoms with Crippen LogP contribution in [0.3, 0.4) is 0 Å². The van der Waals surface area contributed by atoms with E-state index in [2.05, 4.69) is 45.3 Å². The molecule has 0 aliphatic heterocycles. The summed E-state index contributed by atoms with van der Waals surface area (Å²) in [6.45, 7) is 7.82. The number of hydrogen-bond acceptors (Lipinski definition) is 5. The van der Waals surface area contributed by atoms with E-state index in [1.165, 1.54) is 12.1 Å². The van der Waals surface area contributed by atoms with Gasteiger partial charge in [0.1, 0.15) is 16.9 Å². The molecule has 0 aliphatic carbocycles. The largest absolute Gasteiger partial charge is 0.365 e. The Hall–Kier alpha value is -4.91. The summed E-state index contributed by atoms with van der Waals surface area (Å²) in [5, 5.41) is 5.35. The summed E-state index contributed by atoms with van der Waals surface area (Å²) >= 11 is 0. The van der Waals surface area contributed by atoms with Gasteiger partial charge < -0.3 is 10.3 Å². The number of nitrogens with zero attached hydrogens (tertiary/aromatic N) is 5. The minimum absolute atomic E-state index is 0.228. The Kier molecular flexibility index (Phi) is 7.37. The van der Waals surface area contributed by atoms with Crippen molar-refractivity contribution in [2.24, 2.45) is 5.73 Å². The van der Waals surface area contributed by atoms with Crippen LogP contribution in [-0.4, -0.2) is 30.2 Å². The number of pyridine rings is 1. The molecule has 3 heterocycles. The number of amides is 1. The van der Waals surface area contributed by atoms with Crippen LogP contribution in [-0.2, 0) is 6.42 Å². The number of primary amides is 1. The first-order valence-electron chi connectivity index (χ1n) is 13.2. The number of carbonyl (C=O) groups is 1. The maximum Gasteiger partial charge on any atom is 0.280 e. The van der Waals surface area contributed by atoms with E-state index in [0.717, 1.165) is 50.1 Å². The van der Waals surface area contributed by atoms with E-state index in [1.807, 2.05) is 25.1 Å². The molecule has 1 amide bonds. The molecule has 5 aromatic rings. The fraction of sp³-hybridized carbons (Fsp3) is 0.258. The summed E-state index contributed by atoms with van der Waals surface area (Å²) in [5.74, 6) is 4.29. The number of imidazole rings is 1. The van der Waals surface area contributed by atoms with Gasteiger partial charge in [0.05, 0.1) is 29.0 Å². The van der Waals surface area contributed by atoms with Crippen molar-refractivity contribution in [3.63, 3.8) is 0 Å². The molecule has 0 saturated heterocycles. The van der Waals surface area contributed by atoms with Crippen molar-refractivity contribution in [2.75, 3.05) is 0 Å². The standard InChI is InChI=1S/C31H28F2N6O2/c1-17(2)38-19(4)36-28-16-35-27-12-9-20(13-23(27)29(28)38)7-5-6-8-22-15-24(30(34)40)31(41)39(37-22)18(3)21-10-11-25(32)26(33)14-21/h9-18H,6,8H2,1-4H3,(H2,34,40)/t18-/m0/s1. The van der Waals surface area contributed by atoms with Gasteiger partial charge in [-0.3, -0.25) is 14.6 Å². The molecule has 208 valence electrons. The summed E-state index contributed by atoms with van der Waals surface area (Å²) in [6.07, 6.45) is 2.50. The molecule has 10 heteroatoms. The van der Waals surface area contributed by atoms with Crippen LogP contribution in [0, 0.1) is 30.4 Å². The molecule has 1 atom stereocenters. The SMILES string of the molecule is Cc1nc2cnc3ccc(C#CCCc4cc(C(N)=O)c(=O)n([C@@H](C)c5ccc(F)c(F)c5)n4)cc3c2n1C(C)C. The van der Waals surface area contributed by atoms with E-state index >= 15 is 0 Å². The molecule has 0 spiro atoms. The third kappa shape index (κ3) is 5.31. The van der Waals surface area contributed by atoms with Crippen LogP contribution in [0.1, 0.15) is 72.3 Å². The average Bonchev–Trinajstić information content (AvgIpc) is 3.29. The molecule has 0 bridgehead atoms. The van der Waals surface area contributed by atoms with E-state index < -0.39 is 29.1 Å². The first kappa shape index (κ1) is 27.6. The Labute approximate surface area is 234 Å².